The standard InChI is InChI=1S/C16H11NO4S2/c1-17-14(18)13(23-16(17)22)8-11-5-6-12(21-11)9-3-2-4-10(7-9)15(19)20/h2-8H,1H3,(H,19,20)/p-1/b13-8+. The molecular weight excluding hydrogens is 334 g/mol. The van der Waals surface area contributed by atoms with Crippen LogP contribution in [0, 0.1) is 0 Å². The molecule has 0 unspecified atom stereocenters. The van der Waals surface area contributed by atoms with Crippen LogP contribution in [0.4, 0.5) is 0 Å². The van der Waals surface area contributed by atoms with E-state index in [1.165, 1.54) is 28.8 Å². The monoisotopic (exact) mass is 344 g/mol. The molecule has 0 atom stereocenters. The van der Waals surface area contributed by atoms with Gasteiger partial charge in [0, 0.05) is 18.7 Å². The molecule has 1 aliphatic rings. The number of carbonyl (C=O) groups excluding carboxylic acids is 2. The third kappa shape index (κ3) is 3.06. The summed E-state index contributed by atoms with van der Waals surface area (Å²) in [6.45, 7) is 0. The fourth-order valence-corrected chi connectivity index (χ4v) is 3.22. The summed E-state index contributed by atoms with van der Waals surface area (Å²) in [4.78, 5) is 24.8. The Morgan fingerprint density at radius 1 is 1.35 bits per heavy atom. The number of carboxylic acid groups (broad SMARTS) is 1. The van der Waals surface area contributed by atoms with Crippen LogP contribution in [-0.2, 0) is 4.79 Å². The maximum Gasteiger partial charge on any atom is 0.266 e. The Hall–Kier alpha value is -2.38. The van der Waals surface area contributed by atoms with Gasteiger partial charge in [0.25, 0.3) is 5.91 Å². The smallest absolute Gasteiger partial charge is 0.266 e. The van der Waals surface area contributed by atoms with E-state index in [0.29, 0.717) is 26.3 Å². The number of furan rings is 1. The summed E-state index contributed by atoms with van der Waals surface area (Å²) in [6.07, 6.45) is 1.62. The van der Waals surface area contributed by atoms with Crippen molar-refractivity contribution in [1.82, 2.24) is 4.90 Å². The lowest BCUT2D eigenvalue weighted by Crippen LogP contribution is -2.22. The molecule has 0 saturated carbocycles. The van der Waals surface area contributed by atoms with Gasteiger partial charge in [-0.1, -0.05) is 42.2 Å². The second-order valence-corrected chi connectivity index (χ2v) is 6.49. The fourth-order valence-electron chi connectivity index (χ4n) is 2.06. The number of aromatic carboxylic acids is 1. The van der Waals surface area contributed by atoms with Crippen LogP contribution in [-0.4, -0.2) is 28.1 Å². The average Bonchev–Trinajstić information content (AvgIpc) is 3.09. The highest BCUT2D eigenvalue weighted by atomic mass is 32.2. The van der Waals surface area contributed by atoms with Gasteiger partial charge in [-0.3, -0.25) is 9.69 Å². The number of hydrogen-bond donors (Lipinski definition) is 0. The summed E-state index contributed by atoms with van der Waals surface area (Å²) in [5.74, 6) is -0.415. The minimum atomic E-state index is -1.25. The maximum absolute atomic E-state index is 12.0. The van der Waals surface area contributed by atoms with E-state index in [2.05, 4.69) is 0 Å². The number of carbonyl (C=O) groups is 2. The molecule has 2 aromatic rings. The van der Waals surface area contributed by atoms with Crippen LogP contribution in [0.15, 0.2) is 45.7 Å². The summed E-state index contributed by atoms with van der Waals surface area (Å²) in [5, 5.41) is 10.9. The van der Waals surface area contributed by atoms with E-state index in [1.54, 1.807) is 37.4 Å². The van der Waals surface area contributed by atoms with Crippen molar-refractivity contribution in [2.45, 2.75) is 0 Å². The number of nitrogens with zero attached hydrogens (tertiary/aromatic N) is 1. The van der Waals surface area contributed by atoms with Gasteiger partial charge in [-0.25, -0.2) is 0 Å². The number of rotatable bonds is 3. The van der Waals surface area contributed by atoms with Gasteiger partial charge in [0.2, 0.25) is 0 Å². The Bertz CT molecular complexity index is 853. The molecule has 5 nitrogen and oxygen atoms in total. The van der Waals surface area contributed by atoms with Crippen molar-refractivity contribution in [2.75, 3.05) is 7.05 Å². The Balaban J connectivity index is 1.90. The molecule has 116 valence electrons. The van der Waals surface area contributed by atoms with Gasteiger partial charge in [0.05, 0.1) is 10.9 Å². The second kappa shape index (κ2) is 6.02. The number of likely N-dealkylation sites (N-methyl/N-ethyl adjacent to an activating group) is 1. The summed E-state index contributed by atoms with van der Waals surface area (Å²) in [5.41, 5.74) is 0.696. The molecule has 0 aliphatic carbocycles. The largest absolute Gasteiger partial charge is 0.545 e. The molecule has 1 aromatic carbocycles. The lowest BCUT2D eigenvalue weighted by atomic mass is 10.1. The Kier molecular flexibility index (Phi) is 4.06. The maximum atomic E-state index is 12.0. The summed E-state index contributed by atoms with van der Waals surface area (Å²) >= 11 is 6.28. The van der Waals surface area contributed by atoms with E-state index in [9.17, 15) is 14.7 Å². The molecular formula is C16H10NO4S2-. The molecule has 23 heavy (non-hydrogen) atoms. The highest BCUT2D eigenvalue weighted by Gasteiger charge is 2.28. The zero-order valence-electron chi connectivity index (χ0n) is 11.9. The quantitative estimate of drug-likeness (QED) is 0.627. The fraction of sp³-hybridized carbons (Fsp3) is 0.0625. The lowest BCUT2D eigenvalue weighted by molar-refractivity contribution is -0.255. The molecule has 1 amide bonds. The third-order valence-electron chi connectivity index (χ3n) is 3.27. The van der Waals surface area contributed by atoms with Gasteiger partial charge in [0.15, 0.2) is 0 Å². The zero-order chi connectivity index (χ0) is 16.6. The molecule has 1 aliphatic heterocycles. The van der Waals surface area contributed by atoms with Gasteiger partial charge < -0.3 is 14.3 Å². The van der Waals surface area contributed by atoms with Gasteiger partial charge in [0.1, 0.15) is 15.8 Å². The van der Waals surface area contributed by atoms with E-state index in [-0.39, 0.29) is 11.5 Å². The van der Waals surface area contributed by atoms with Crippen LogP contribution in [0.2, 0.25) is 0 Å². The minimum absolute atomic E-state index is 0.0762. The minimum Gasteiger partial charge on any atom is -0.545 e. The van der Waals surface area contributed by atoms with Gasteiger partial charge >= 0.3 is 0 Å². The molecule has 0 N–H and O–H groups in total. The molecule has 0 spiro atoms. The highest BCUT2D eigenvalue weighted by Crippen LogP contribution is 2.32. The Morgan fingerprint density at radius 3 is 2.78 bits per heavy atom. The van der Waals surface area contributed by atoms with Gasteiger partial charge in [-0.15, -0.1) is 0 Å². The predicted molar refractivity (Wildman–Crippen MR) is 89.4 cm³/mol. The summed E-state index contributed by atoms with van der Waals surface area (Å²) < 4.78 is 6.16. The third-order valence-corrected chi connectivity index (χ3v) is 4.75. The van der Waals surface area contributed by atoms with Crippen LogP contribution >= 0.6 is 24.0 Å². The SMILES string of the molecule is CN1C(=O)/C(=C\c2ccc(-c3cccc(C(=O)[O-])c3)o2)SC1=S. The Labute approximate surface area is 141 Å². The average molecular weight is 344 g/mol. The first-order chi connectivity index (χ1) is 11.0. The lowest BCUT2D eigenvalue weighted by Gasteiger charge is -2.04. The van der Waals surface area contributed by atoms with Crippen LogP contribution in [0.25, 0.3) is 17.4 Å². The molecule has 1 fully saturated rings. The topological polar surface area (TPSA) is 73.6 Å². The first kappa shape index (κ1) is 15.5. The zero-order valence-corrected chi connectivity index (χ0v) is 13.6. The number of benzene rings is 1. The number of thioether (sulfide) groups is 1. The van der Waals surface area contributed by atoms with Crippen molar-refractivity contribution in [2.24, 2.45) is 0 Å². The molecule has 2 heterocycles. The normalized spacial score (nSPS) is 16.4. The van der Waals surface area contributed by atoms with E-state index < -0.39 is 5.97 Å². The van der Waals surface area contributed by atoms with Gasteiger partial charge in [-0.2, -0.15) is 0 Å². The second-order valence-electron chi connectivity index (χ2n) is 4.81. The van der Waals surface area contributed by atoms with Gasteiger partial charge in [-0.05, 0) is 23.8 Å². The number of thiocarbonyl (C=S) groups is 1. The number of carboxylic acids is 1. The van der Waals surface area contributed by atoms with Crippen molar-refractivity contribution in [3.63, 3.8) is 0 Å². The van der Waals surface area contributed by atoms with E-state index >= 15 is 0 Å². The van der Waals surface area contributed by atoms with Crippen molar-refractivity contribution >= 4 is 46.3 Å². The van der Waals surface area contributed by atoms with E-state index in [1.807, 2.05) is 0 Å². The summed E-state index contributed by atoms with van der Waals surface area (Å²) in [6, 6.07) is 9.71. The molecule has 1 saturated heterocycles. The molecule has 7 heteroatoms. The van der Waals surface area contributed by atoms with E-state index in [0.717, 1.165) is 0 Å². The van der Waals surface area contributed by atoms with Crippen molar-refractivity contribution in [3.05, 3.63) is 52.6 Å². The van der Waals surface area contributed by atoms with Crippen LogP contribution in [0.3, 0.4) is 0 Å². The van der Waals surface area contributed by atoms with Crippen molar-refractivity contribution in [3.8, 4) is 11.3 Å². The first-order valence-corrected chi connectivity index (χ1v) is 7.81. The number of hydrogen-bond acceptors (Lipinski definition) is 6. The molecule has 1 aromatic heterocycles. The highest BCUT2D eigenvalue weighted by molar-refractivity contribution is 8.26. The summed E-state index contributed by atoms with van der Waals surface area (Å²) in [7, 11) is 1.62. The Morgan fingerprint density at radius 2 is 2.13 bits per heavy atom. The predicted octanol–water partition coefficient (Wildman–Crippen LogP) is 2.14. The first-order valence-electron chi connectivity index (χ1n) is 6.59. The van der Waals surface area contributed by atoms with Crippen molar-refractivity contribution in [1.29, 1.82) is 0 Å². The van der Waals surface area contributed by atoms with E-state index in [4.69, 9.17) is 16.6 Å². The molecule has 0 radical (unpaired) electrons. The molecule has 3 rings (SSSR count). The van der Waals surface area contributed by atoms with Crippen LogP contribution in [0.1, 0.15) is 16.1 Å². The van der Waals surface area contributed by atoms with Crippen molar-refractivity contribution < 1.29 is 19.1 Å². The number of amides is 1. The molecule has 0 bridgehead atoms. The van der Waals surface area contributed by atoms with Crippen LogP contribution < -0.4 is 5.11 Å². The van der Waals surface area contributed by atoms with Crippen LogP contribution in [0.5, 0.6) is 0 Å².